The second-order valence-electron chi connectivity index (χ2n) is 8.45. The fourth-order valence-corrected chi connectivity index (χ4v) is 4.73. The summed E-state index contributed by atoms with van der Waals surface area (Å²) < 4.78 is 29.3. The molecule has 2 saturated heterocycles. The van der Waals surface area contributed by atoms with Crippen molar-refractivity contribution in [3.63, 3.8) is 0 Å². The van der Waals surface area contributed by atoms with E-state index in [1.807, 2.05) is 19.2 Å². The Balaban J connectivity index is 1.49. The van der Waals surface area contributed by atoms with Gasteiger partial charge in [-0.15, -0.1) is 0 Å². The number of halogens is 2. The minimum atomic E-state index is -0.836. The Morgan fingerprint density at radius 3 is 2.61 bits per heavy atom. The predicted octanol–water partition coefficient (Wildman–Crippen LogP) is 4.28. The van der Waals surface area contributed by atoms with E-state index in [1.54, 1.807) is 9.42 Å². The third kappa shape index (κ3) is 3.64. The van der Waals surface area contributed by atoms with Gasteiger partial charge in [0.05, 0.1) is 17.3 Å². The average molecular weight is 425 g/mol. The molecule has 1 unspecified atom stereocenters. The van der Waals surface area contributed by atoms with Crippen molar-refractivity contribution in [3.8, 4) is 0 Å². The summed E-state index contributed by atoms with van der Waals surface area (Å²) in [4.78, 5) is 21.9. The van der Waals surface area contributed by atoms with Crippen molar-refractivity contribution in [1.82, 2.24) is 19.5 Å². The normalized spacial score (nSPS) is 19.4. The van der Waals surface area contributed by atoms with Crippen LogP contribution in [0.3, 0.4) is 0 Å². The van der Waals surface area contributed by atoms with Crippen LogP contribution in [-0.4, -0.2) is 45.0 Å². The lowest BCUT2D eigenvalue weighted by Crippen LogP contribution is -2.39. The van der Waals surface area contributed by atoms with Gasteiger partial charge in [-0.2, -0.15) is 5.10 Å². The van der Waals surface area contributed by atoms with Crippen molar-refractivity contribution in [1.29, 1.82) is 0 Å². The van der Waals surface area contributed by atoms with E-state index < -0.39 is 17.5 Å². The van der Waals surface area contributed by atoms with Gasteiger partial charge in [0.1, 0.15) is 17.5 Å². The summed E-state index contributed by atoms with van der Waals surface area (Å²) in [5, 5.41) is 4.72. The minimum Gasteiger partial charge on any atom is -0.356 e. The van der Waals surface area contributed by atoms with Gasteiger partial charge in [-0.25, -0.2) is 18.3 Å². The molecular weight excluding hydrogens is 400 g/mol. The topological polar surface area (TPSA) is 53.7 Å². The van der Waals surface area contributed by atoms with E-state index in [0.717, 1.165) is 67.2 Å². The number of benzene rings is 1. The number of fused-ring (bicyclic) bond motifs is 1. The molecule has 6 nitrogen and oxygen atoms in total. The molecule has 1 atom stereocenters. The van der Waals surface area contributed by atoms with Crippen LogP contribution >= 0.6 is 0 Å². The monoisotopic (exact) mass is 425 g/mol. The molecule has 0 N–H and O–H groups in total. The van der Waals surface area contributed by atoms with Gasteiger partial charge in [0.2, 0.25) is 0 Å². The summed E-state index contributed by atoms with van der Waals surface area (Å²) in [5.74, 6) is -0.973. The van der Waals surface area contributed by atoms with Crippen LogP contribution in [0.2, 0.25) is 0 Å². The molecule has 0 saturated carbocycles. The van der Waals surface area contributed by atoms with Crippen LogP contribution in [-0.2, 0) is 0 Å². The number of piperidine rings is 1. The van der Waals surface area contributed by atoms with Crippen LogP contribution in [0, 0.1) is 18.6 Å². The molecule has 4 heterocycles. The van der Waals surface area contributed by atoms with Gasteiger partial charge in [-0.1, -0.05) is 0 Å². The standard InChI is InChI=1S/C23H25F2N5O/c1-15-14-30-21(26-22(15)28-9-4-5-10-28)13-19(27-30)20-6-2-3-11-29(20)23(31)17-8-7-16(24)12-18(17)25/h7-8,12-14,20H,2-6,9-11H2,1H3. The highest BCUT2D eigenvalue weighted by Gasteiger charge is 2.32. The molecule has 0 bridgehead atoms. The molecule has 2 fully saturated rings. The van der Waals surface area contributed by atoms with Crippen molar-refractivity contribution in [2.75, 3.05) is 24.5 Å². The molecule has 2 aliphatic rings. The first kappa shape index (κ1) is 19.9. The van der Waals surface area contributed by atoms with Crippen LogP contribution in [0.15, 0.2) is 30.5 Å². The van der Waals surface area contributed by atoms with Gasteiger partial charge in [-0.05, 0) is 51.2 Å². The Kier molecular flexibility index (Phi) is 5.08. The van der Waals surface area contributed by atoms with Gasteiger partial charge >= 0.3 is 0 Å². The smallest absolute Gasteiger partial charge is 0.257 e. The van der Waals surface area contributed by atoms with E-state index in [4.69, 9.17) is 10.1 Å². The Morgan fingerprint density at radius 2 is 1.84 bits per heavy atom. The van der Waals surface area contributed by atoms with Crippen molar-refractivity contribution in [2.45, 2.75) is 45.1 Å². The first-order chi connectivity index (χ1) is 15.0. The number of carbonyl (C=O) groups excluding carboxylic acids is 1. The molecule has 8 heteroatoms. The third-order valence-electron chi connectivity index (χ3n) is 6.30. The molecule has 1 aromatic carbocycles. The highest BCUT2D eigenvalue weighted by molar-refractivity contribution is 5.94. The number of likely N-dealkylation sites (tertiary alicyclic amines) is 1. The number of anilines is 1. The second-order valence-corrected chi connectivity index (χ2v) is 8.45. The Labute approximate surface area is 179 Å². The van der Waals surface area contributed by atoms with Gasteiger partial charge < -0.3 is 9.80 Å². The Bertz CT molecular complexity index is 1140. The Hall–Kier alpha value is -3.03. The van der Waals surface area contributed by atoms with Crippen molar-refractivity contribution < 1.29 is 13.6 Å². The number of rotatable bonds is 3. The lowest BCUT2D eigenvalue weighted by atomic mass is 9.98. The lowest BCUT2D eigenvalue weighted by molar-refractivity contribution is 0.0601. The predicted molar refractivity (Wildman–Crippen MR) is 113 cm³/mol. The number of hydrogen-bond acceptors (Lipinski definition) is 4. The molecule has 1 amide bonds. The first-order valence-corrected chi connectivity index (χ1v) is 10.9. The zero-order valence-electron chi connectivity index (χ0n) is 17.5. The zero-order valence-corrected chi connectivity index (χ0v) is 17.5. The number of nitrogens with zero attached hydrogens (tertiary/aromatic N) is 5. The number of hydrogen-bond donors (Lipinski definition) is 0. The molecule has 0 spiro atoms. The van der Waals surface area contributed by atoms with E-state index in [0.29, 0.717) is 6.54 Å². The van der Waals surface area contributed by atoms with E-state index in [1.165, 1.54) is 18.9 Å². The van der Waals surface area contributed by atoms with Crippen LogP contribution < -0.4 is 4.90 Å². The summed E-state index contributed by atoms with van der Waals surface area (Å²) in [6.45, 7) is 4.58. The molecule has 162 valence electrons. The SMILES string of the molecule is Cc1cn2nc(C3CCCCN3C(=O)c3ccc(F)cc3F)cc2nc1N1CCCC1. The molecular formula is C23H25F2N5O. The largest absolute Gasteiger partial charge is 0.356 e. The summed E-state index contributed by atoms with van der Waals surface area (Å²) >= 11 is 0. The first-order valence-electron chi connectivity index (χ1n) is 10.9. The number of carbonyl (C=O) groups is 1. The highest BCUT2D eigenvalue weighted by atomic mass is 19.1. The molecule has 5 rings (SSSR count). The van der Waals surface area contributed by atoms with E-state index in [2.05, 4.69) is 4.90 Å². The molecule has 3 aromatic rings. The van der Waals surface area contributed by atoms with E-state index in [-0.39, 0.29) is 11.6 Å². The average Bonchev–Trinajstić information content (AvgIpc) is 3.42. The van der Waals surface area contributed by atoms with Crippen molar-refractivity contribution in [2.24, 2.45) is 0 Å². The van der Waals surface area contributed by atoms with E-state index in [9.17, 15) is 13.6 Å². The van der Waals surface area contributed by atoms with E-state index >= 15 is 0 Å². The van der Waals surface area contributed by atoms with Crippen LogP contribution in [0.25, 0.3) is 5.65 Å². The number of aromatic nitrogens is 3. The molecule has 0 aliphatic carbocycles. The fraction of sp³-hybridized carbons (Fsp3) is 0.435. The molecule has 0 radical (unpaired) electrons. The lowest BCUT2D eigenvalue weighted by Gasteiger charge is -2.34. The minimum absolute atomic E-state index is 0.109. The van der Waals surface area contributed by atoms with Gasteiger partial charge in [0, 0.05) is 43.5 Å². The summed E-state index contributed by atoms with van der Waals surface area (Å²) in [6.07, 6.45) is 6.88. The summed E-state index contributed by atoms with van der Waals surface area (Å²) in [6, 6.07) is 4.76. The summed E-state index contributed by atoms with van der Waals surface area (Å²) in [5.41, 5.74) is 2.45. The third-order valence-corrected chi connectivity index (χ3v) is 6.30. The van der Waals surface area contributed by atoms with Crippen LogP contribution in [0.1, 0.15) is 59.8 Å². The van der Waals surface area contributed by atoms with Crippen molar-refractivity contribution >= 4 is 17.4 Å². The van der Waals surface area contributed by atoms with Gasteiger partial charge in [0.15, 0.2) is 5.65 Å². The van der Waals surface area contributed by atoms with Crippen LogP contribution in [0.5, 0.6) is 0 Å². The number of aryl methyl sites for hydroxylation is 1. The van der Waals surface area contributed by atoms with Gasteiger partial charge in [0.25, 0.3) is 5.91 Å². The maximum Gasteiger partial charge on any atom is 0.257 e. The quantitative estimate of drug-likeness (QED) is 0.629. The van der Waals surface area contributed by atoms with Gasteiger partial charge in [-0.3, -0.25) is 4.79 Å². The fourth-order valence-electron chi connectivity index (χ4n) is 4.73. The van der Waals surface area contributed by atoms with Crippen LogP contribution in [0.4, 0.5) is 14.6 Å². The maximum absolute atomic E-state index is 14.3. The summed E-state index contributed by atoms with van der Waals surface area (Å²) in [7, 11) is 0. The second kappa shape index (κ2) is 7.90. The molecule has 2 aliphatic heterocycles. The number of amides is 1. The highest BCUT2D eigenvalue weighted by Crippen LogP contribution is 2.33. The zero-order chi connectivity index (χ0) is 21.5. The molecule has 2 aromatic heterocycles. The molecule has 31 heavy (non-hydrogen) atoms. The Morgan fingerprint density at radius 1 is 1.06 bits per heavy atom. The van der Waals surface area contributed by atoms with Crippen molar-refractivity contribution in [3.05, 3.63) is 58.9 Å². The maximum atomic E-state index is 14.3.